The minimum absolute atomic E-state index is 0.0485. The van der Waals surface area contributed by atoms with E-state index in [4.69, 9.17) is 4.74 Å². The number of unbranched alkanes of at least 4 members (excludes halogenated alkanes) is 1. The fourth-order valence-electron chi connectivity index (χ4n) is 2.18. The Labute approximate surface area is 121 Å². The molecular formula is C16H25NO3. The predicted octanol–water partition coefficient (Wildman–Crippen LogP) is 3.49. The number of phenolic OH excluding ortho intramolecular Hbond substituents is 1. The van der Waals surface area contributed by atoms with Crippen LogP contribution in [0.5, 0.6) is 11.5 Å². The molecule has 112 valence electrons. The van der Waals surface area contributed by atoms with Crippen LogP contribution in [0.2, 0.25) is 0 Å². The fraction of sp³-hybridized carbons (Fsp3) is 0.562. The van der Waals surface area contributed by atoms with E-state index in [1.54, 1.807) is 12.1 Å². The second-order valence-electron chi connectivity index (χ2n) is 4.98. The molecule has 20 heavy (non-hydrogen) atoms. The highest BCUT2D eigenvalue weighted by molar-refractivity contribution is 5.97. The van der Waals surface area contributed by atoms with E-state index in [1.165, 1.54) is 13.2 Å². The molecule has 0 fully saturated rings. The molecule has 0 aliphatic carbocycles. The van der Waals surface area contributed by atoms with Gasteiger partial charge in [-0.2, -0.15) is 0 Å². The van der Waals surface area contributed by atoms with Crippen molar-refractivity contribution in [2.45, 2.75) is 52.0 Å². The summed E-state index contributed by atoms with van der Waals surface area (Å²) in [5.74, 6) is 0.266. The Bertz CT molecular complexity index is 432. The van der Waals surface area contributed by atoms with Crippen molar-refractivity contribution in [3.05, 3.63) is 23.8 Å². The van der Waals surface area contributed by atoms with Crippen LogP contribution >= 0.6 is 0 Å². The lowest BCUT2D eigenvalue weighted by atomic mass is 10.0. The minimum Gasteiger partial charge on any atom is -0.507 e. The highest BCUT2D eigenvalue weighted by Crippen LogP contribution is 2.23. The number of aromatic hydroxyl groups is 1. The number of rotatable bonds is 8. The predicted molar refractivity (Wildman–Crippen MR) is 80.3 cm³/mol. The quantitative estimate of drug-likeness (QED) is 0.766. The number of hydrogen-bond donors (Lipinski definition) is 2. The molecule has 0 aliphatic heterocycles. The number of nitrogens with one attached hydrogen (secondary N) is 1. The van der Waals surface area contributed by atoms with Crippen molar-refractivity contribution in [2.75, 3.05) is 7.11 Å². The maximum absolute atomic E-state index is 12.2. The standard InChI is InChI=1S/C16H25NO3/c1-4-6-8-12(7-5-2)17-16(19)14-10-9-13(20-3)11-15(14)18/h9-12,18H,4-8H2,1-3H3,(H,17,19). The summed E-state index contributed by atoms with van der Waals surface area (Å²) in [6.07, 6.45) is 5.18. The topological polar surface area (TPSA) is 58.6 Å². The molecule has 0 radical (unpaired) electrons. The monoisotopic (exact) mass is 279 g/mol. The first-order chi connectivity index (χ1) is 9.62. The van der Waals surface area contributed by atoms with Gasteiger partial charge < -0.3 is 15.2 Å². The van der Waals surface area contributed by atoms with Gasteiger partial charge in [0, 0.05) is 12.1 Å². The molecule has 2 N–H and O–H groups in total. The number of amides is 1. The van der Waals surface area contributed by atoms with Crippen molar-refractivity contribution in [3.63, 3.8) is 0 Å². The maximum atomic E-state index is 12.2. The number of carbonyl (C=O) groups excluding carboxylic acids is 1. The first kappa shape index (κ1) is 16.3. The van der Waals surface area contributed by atoms with Crippen LogP contribution in [-0.4, -0.2) is 24.2 Å². The van der Waals surface area contributed by atoms with Crippen LogP contribution in [0.4, 0.5) is 0 Å². The molecule has 4 heteroatoms. The van der Waals surface area contributed by atoms with Crippen LogP contribution in [0.3, 0.4) is 0 Å². The molecule has 0 spiro atoms. The van der Waals surface area contributed by atoms with Crippen LogP contribution < -0.4 is 10.1 Å². The van der Waals surface area contributed by atoms with Crippen molar-refractivity contribution in [1.82, 2.24) is 5.32 Å². The van der Waals surface area contributed by atoms with Gasteiger partial charge in [0.25, 0.3) is 5.91 Å². The van der Waals surface area contributed by atoms with E-state index < -0.39 is 0 Å². The molecule has 1 rings (SSSR count). The van der Waals surface area contributed by atoms with Crippen LogP contribution in [0.25, 0.3) is 0 Å². The molecule has 1 atom stereocenters. The summed E-state index contributed by atoms with van der Waals surface area (Å²) in [5.41, 5.74) is 0.295. The van der Waals surface area contributed by atoms with Crippen molar-refractivity contribution in [1.29, 1.82) is 0 Å². The average molecular weight is 279 g/mol. The number of methoxy groups -OCH3 is 1. The Morgan fingerprint density at radius 3 is 2.60 bits per heavy atom. The molecule has 0 aliphatic rings. The molecule has 0 aromatic heterocycles. The lowest BCUT2D eigenvalue weighted by Gasteiger charge is -2.18. The normalized spacial score (nSPS) is 11.9. The molecular weight excluding hydrogens is 254 g/mol. The zero-order valence-corrected chi connectivity index (χ0v) is 12.6. The van der Waals surface area contributed by atoms with Gasteiger partial charge in [-0.05, 0) is 25.0 Å². The molecule has 0 saturated carbocycles. The van der Waals surface area contributed by atoms with Crippen molar-refractivity contribution >= 4 is 5.91 Å². The first-order valence-electron chi connectivity index (χ1n) is 7.30. The number of hydrogen-bond acceptors (Lipinski definition) is 3. The van der Waals surface area contributed by atoms with Crippen LogP contribution in [0, 0.1) is 0 Å². The highest BCUT2D eigenvalue weighted by Gasteiger charge is 2.16. The van der Waals surface area contributed by atoms with E-state index in [-0.39, 0.29) is 17.7 Å². The van der Waals surface area contributed by atoms with Crippen molar-refractivity contribution in [3.8, 4) is 11.5 Å². The van der Waals surface area contributed by atoms with E-state index >= 15 is 0 Å². The summed E-state index contributed by atoms with van der Waals surface area (Å²) in [6.45, 7) is 4.25. The number of phenols is 1. The van der Waals surface area contributed by atoms with E-state index in [0.29, 0.717) is 11.3 Å². The van der Waals surface area contributed by atoms with Gasteiger partial charge in [0.15, 0.2) is 0 Å². The average Bonchev–Trinajstić information content (AvgIpc) is 2.44. The number of carbonyl (C=O) groups is 1. The lowest BCUT2D eigenvalue weighted by molar-refractivity contribution is 0.0929. The summed E-state index contributed by atoms with van der Waals surface area (Å²) < 4.78 is 5.01. The van der Waals surface area contributed by atoms with Gasteiger partial charge >= 0.3 is 0 Å². The molecule has 1 unspecified atom stereocenters. The number of benzene rings is 1. The summed E-state index contributed by atoms with van der Waals surface area (Å²) >= 11 is 0. The molecule has 4 nitrogen and oxygen atoms in total. The zero-order chi connectivity index (χ0) is 15.0. The van der Waals surface area contributed by atoms with Crippen molar-refractivity contribution < 1.29 is 14.6 Å². The van der Waals surface area contributed by atoms with Gasteiger partial charge in [-0.15, -0.1) is 0 Å². The van der Waals surface area contributed by atoms with E-state index in [2.05, 4.69) is 19.2 Å². The smallest absolute Gasteiger partial charge is 0.255 e. The van der Waals surface area contributed by atoms with Crippen LogP contribution in [-0.2, 0) is 0 Å². The minimum atomic E-state index is -0.222. The second kappa shape index (κ2) is 8.46. The summed E-state index contributed by atoms with van der Waals surface area (Å²) in [6, 6.07) is 4.89. The molecule has 1 amide bonds. The molecule has 0 saturated heterocycles. The highest BCUT2D eigenvalue weighted by atomic mass is 16.5. The third-order valence-corrected chi connectivity index (χ3v) is 3.33. The van der Waals surface area contributed by atoms with Gasteiger partial charge in [-0.1, -0.05) is 33.1 Å². The van der Waals surface area contributed by atoms with Gasteiger partial charge in [-0.3, -0.25) is 4.79 Å². The zero-order valence-electron chi connectivity index (χ0n) is 12.6. The van der Waals surface area contributed by atoms with Crippen LogP contribution in [0.1, 0.15) is 56.3 Å². The van der Waals surface area contributed by atoms with E-state index in [9.17, 15) is 9.90 Å². The Morgan fingerprint density at radius 2 is 2.05 bits per heavy atom. The Hall–Kier alpha value is -1.71. The summed E-state index contributed by atoms with van der Waals surface area (Å²) in [5, 5.41) is 12.9. The number of ether oxygens (including phenoxy) is 1. The molecule has 1 aromatic carbocycles. The van der Waals surface area contributed by atoms with Gasteiger partial charge in [0.1, 0.15) is 11.5 Å². The van der Waals surface area contributed by atoms with Crippen LogP contribution in [0.15, 0.2) is 18.2 Å². The van der Waals surface area contributed by atoms with E-state index in [1.807, 2.05) is 0 Å². The fourth-order valence-corrected chi connectivity index (χ4v) is 2.18. The van der Waals surface area contributed by atoms with Gasteiger partial charge in [0.05, 0.1) is 12.7 Å². The Kier molecular flexibility index (Phi) is 6.91. The van der Waals surface area contributed by atoms with Crippen molar-refractivity contribution in [2.24, 2.45) is 0 Å². The summed E-state index contributed by atoms with van der Waals surface area (Å²) in [4.78, 5) is 12.2. The Morgan fingerprint density at radius 1 is 1.30 bits per heavy atom. The lowest BCUT2D eigenvalue weighted by Crippen LogP contribution is -2.34. The molecule has 0 bridgehead atoms. The largest absolute Gasteiger partial charge is 0.507 e. The third-order valence-electron chi connectivity index (χ3n) is 3.33. The van der Waals surface area contributed by atoms with E-state index in [0.717, 1.165) is 32.1 Å². The Balaban J connectivity index is 2.72. The summed E-state index contributed by atoms with van der Waals surface area (Å²) in [7, 11) is 1.52. The molecule has 1 aromatic rings. The van der Waals surface area contributed by atoms with Gasteiger partial charge in [-0.25, -0.2) is 0 Å². The molecule has 0 heterocycles. The third kappa shape index (κ3) is 4.76. The SMILES string of the molecule is CCCCC(CCC)NC(=O)c1ccc(OC)cc1O. The van der Waals surface area contributed by atoms with Gasteiger partial charge in [0.2, 0.25) is 0 Å². The maximum Gasteiger partial charge on any atom is 0.255 e. The second-order valence-corrected chi connectivity index (χ2v) is 4.98. The first-order valence-corrected chi connectivity index (χ1v) is 7.30.